The molecule has 0 aromatic carbocycles. The van der Waals surface area contributed by atoms with Gasteiger partial charge in [-0.1, -0.05) is 20.8 Å². The van der Waals surface area contributed by atoms with Crippen molar-refractivity contribution in [3.63, 3.8) is 0 Å². The van der Waals surface area contributed by atoms with Crippen LogP contribution in [0.5, 0.6) is 0 Å². The molecule has 4 rings (SSSR count). The minimum Gasteiger partial charge on any atom is -0.300 e. The van der Waals surface area contributed by atoms with Crippen molar-refractivity contribution in [2.24, 2.45) is 34.0 Å². The van der Waals surface area contributed by atoms with Crippen LogP contribution in [0.3, 0.4) is 0 Å². The molecular formula is C20H30O2. The van der Waals surface area contributed by atoms with Crippen molar-refractivity contribution in [1.29, 1.82) is 0 Å². The van der Waals surface area contributed by atoms with Crippen LogP contribution in [0, 0.1) is 34.0 Å². The fourth-order valence-corrected chi connectivity index (χ4v) is 7.17. The minimum atomic E-state index is -0.0181. The van der Waals surface area contributed by atoms with Crippen molar-refractivity contribution >= 4 is 11.6 Å². The van der Waals surface area contributed by atoms with Crippen LogP contribution in [0.25, 0.3) is 0 Å². The lowest BCUT2D eigenvalue weighted by molar-refractivity contribution is -0.163. The van der Waals surface area contributed by atoms with E-state index in [-0.39, 0.29) is 10.8 Å². The number of rotatable bonds is 0. The van der Waals surface area contributed by atoms with Gasteiger partial charge in [-0.2, -0.15) is 0 Å². The summed E-state index contributed by atoms with van der Waals surface area (Å²) in [5, 5.41) is 0. The van der Waals surface area contributed by atoms with Gasteiger partial charge < -0.3 is 0 Å². The summed E-state index contributed by atoms with van der Waals surface area (Å²) >= 11 is 0. The second-order valence-corrected chi connectivity index (χ2v) is 9.53. The van der Waals surface area contributed by atoms with Gasteiger partial charge in [0.25, 0.3) is 0 Å². The summed E-state index contributed by atoms with van der Waals surface area (Å²) in [6, 6.07) is 0. The fraction of sp³-hybridized carbons (Fsp3) is 0.900. The summed E-state index contributed by atoms with van der Waals surface area (Å²) in [6.07, 6.45) is 9.36. The van der Waals surface area contributed by atoms with Gasteiger partial charge >= 0.3 is 0 Å². The lowest BCUT2D eigenvalue weighted by atomic mass is 9.41. The lowest BCUT2D eigenvalue weighted by Crippen LogP contribution is -2.57. The molecule has 4 aliphatic rings. The van der Waals surface area contributed by atoms with E-state index in [1.54, 1.807) is 0 Å². The van der Waals surface area contributed by atoms with Crippen LogP contribution in [0.2, 0.25) is 0 Å². The first-order valence-corrected chi connectivity index (χ1v) is 9.35. The van der Waals surface area contributed by atoms with E-state index in [1.165, 1.54) is 19.3 Å². The molecule has 0 amide bonds. The maximum Gasteiger partial charge on any atom is 0.139 e. The van der Waals surface area contributed by atoms with E-state index in [4.69, 9.17) is 0 Å². The van der Waals surface area contributed by atoms with Crippen LogP contribution >= 0.6 is 0 Å². The monoisotopic (exact) mass is 302 g/mol. The number of carbonyl (C=O) groups is 2. The van der Waals surface area contributed by atoms with Crippen molar-refractivity contribution in [2.75, 3.05) is 0 Å². The molecule has 0 unspecified atom stereocenters. The highest BCUT2D eigenvalue weighted by Crippen LogP contribution is 2.68. The molecule has 4 fully saturated rings. The van der Waals surface area contributed by atoms with Crippen LogP contribution in [-0.4, -0.2) is 11.6 Å². The topological polar surface area (TPSA) is 34.1 Å². The zero-order valence-electron chi connectivity index (χ0n) is 14.4. The van der Waals surface area contributed by atoms with E-state index < -0.39 is 0 Å². The van der Waals surface area contributed by atoms with E-state index >= 15 is 0 Å². The standard InChI is InChI=1S/C20H30O2/c1-18-9-7-14-15-4-5-17(22)19(15,2)10-8-16(14)20(18,3)11-6-13(21)12-18/h14-16H,4-12H2,1-3H3/t14-,15-,16-,18+,19+,20-/m1/s1. The second kappa shape index (κ2) is 4.45. The van der Waals surface area contributed by atoms with Gasteiger partial charge in [-0.3, -0.25) is 9.59 Å². The zero-order valence-corrected chi connectivity index (χ0v) is 14.4. The third kappa shape index (κ3) is 1.67. The van der Waals surface area contributed by atoms with Gasteiger partial charge in [0.15, 0.2) is 0 Å². The molecule has 4 saturated carbocycles. The lowest BCUT2D eigenvalue weighted by Gasteiger charge is -2.63. The first kappa shape index (κ1) is 14.9. The Labute approximate surface area is 134 Å². The Hall–Kier alpha value is -0.660. The first-order chi connectivity index (χ1) is 10.3. The molecule has 0 saturated heterocycles. The van der Waals surface area contributed by atoms with Gasteiger partial charge in [0.2, 0.25) is 0 Å². The Morgan fingerprint density at radius 3 is 2.41 bits per heavy atom. The molecule has 0 spiro atoms. The highest BCUT2D eigenvalue weighted by molar-refractivity contribution is 5.87. The summed E-state index contributed by atoms with van der Waals surface area (Å²) in [7, 11) is 0. The maximum absolute atomic E-state index is 12.4. The molecule has 6 atom stereocenters. The number of fused-ring (bicyclic) bond motifs is 5. The van der Waals surface area contributed by atoms with Crippen LogP contribution < -0.4 is 0 Å². The van der Waals surface area contributed by atoms with Crippen molar-refractivity contribution in [1.82, 2.24) is 0 Å². The number of carbonyl (C=O) groups excluding carboxylic acids is 2. The van der Waals surface area contributed by atoms with Crippen molar-refractivity contribution in [2.45, 2.75) is 78.6 Å². The van der Waals surface area contributed by atoms with E-state index in [0.29, 0.717) is 22.9 Å². The summed E-state index contributed by atoms with van der Waals surface area (Å²) < 4.78 is 0. The molecule has 2 heteroatoms. The van der Waals surface area contributed by atoms with Gasteiger partial charge in [-0.15, -0.1) is 0 Å². The number of Topliss-reactive ketones (excluding diaryl/α,β-unsaturated/α-hetero) is 2. The normalized spacial score (nSPS) is 54.6. The maximum atomic E-state index is 12.4. The Kier molecular flexibility index (Phi) is 3.02. The number of hydrogen-bond acceptors (Lipinski definition) is 2. The summed E-state index contributed by atoms with van der Waals surface area (Å²) in [5.74, 6) is 3.11. The molecule has 0 radical (unpaired) electrons. The third-order valence-corrected chi connectivity index (χ3v) is 8.88. The van der Waals surface area contributed by atoms with Crippen molar-refractivity contribution in [3.8, 4) is 0 Å². The van der Waals surface area contributed by atoms with Gasteiger partial charge in [0.05, 0.1) is 0 Å². The van der Waals surface area contributed by atoms with E-state index in [2.05, 4.69) is 20.8 Å². The van der Waals surface area contributed by atoms with Gasteiger partial charge in [0.1, 0.15) is 11.6 Å². The van der Waals surface area contributed by atoms with Crippen molar-refractivity contribution < 1.29 is 9.59 Å². The van der Waals surface area contributed by atoms with Crippen molar-refractivity contribution in [3.05, 3.63) is 0 Å². The predicted octanol–water partition coefficient (Wildman–Crippen LogP) is 4.56. The molecule has 122 valence electrons. The van der Waals surface area contributed by atoms with Gasteiger partial charge in [-0.05, 0) is 67.1 Å². The Balaban J connectivity index is 1.69. The molecule has 0 bridgehead atoms. The summed E-state index contributed by atoms with van der Waals surface area (Å²) in [4.78, 5) is 24.5. The number of hydrogen-bond donors (Lipinski definition) is 0. The average Bonchev–Trinajstić information content (AvgIpc) is 2.76. The van der Waals surface area contributed by atoms with E-state index in [1.807, 2.05) is 0 Å². The van der Waals surface area contributed by atoms with E-state index in [0.717, 1.165) is 50.4 Å². The molecule has 0 aromatic rings. The van der Waals surface area contributed by atoms with Crippen LogP contribution in [0.4, 0.5) is 0 Å². The highest BCUT2D eigenvalue weighted by Gasteiger charge is 2.63. The third-order valence-electron chi connectivity index (χ3n) is 8.88. The Morgan fingerprint density at radius 2 is 1.64 bits per heavy atom. The first-order valence-electron chi connectivity index (χ1n) is 9.35. The van der Waals surface area contributed by atoms with Crippen LogP contribution in [0.15, 0.2) is 0 Å². The molecule has 22 heavy (non-hydrogen) atoms. The van der Waals surface area contributed by atoms with Gasteiger partial charge in [-0.25, -0.2) is 0 Å². The molecule has 0 aromatic heterocycles. The molecule has 2 nitrogen and oxygen atoms in total. The largest absolute Gasteiger partial charge is 0.300 e. The molecule has 0 N–H and O–H groups in total. The van der Waals surface area contributed by atoms with Gasteiger partial charge in [0, 0.05) is 24.7 Å². The molecule has 0 aliphatic heterocycles. The Bertz CT molecular complexity index is 538. The van der Waals surface area contributed by atoms with Crippen LogP contribution in [0.1, 0.15) is 78.6 Å². The fourth-order valence-electron chi connectivity index (χ4n) is 7.17. The quantitative estimate of drug-likeness (QED) is 0.657. The summed E-state index contributed by atoms with van der Waals surface area (Å²) in [5.41, 5.74) is 0.506. The van der Waals surface area contributed by atoms with Crippen LogP contribution in [-0.2, 0) is 9.59 Å². The Morgan fingerprint density at radius 1 is 0.864 bits per heavy atom. The highest BCUT2D eigenvalue weighted by atomic mass is 16.1. The predicted molar refractivity (Wildman–Crippen MR) is 86.4 cm³/mol. The molecule has 4 aliphatic carbocycles. The number of ketones is 2. The minimum absolute atomic E-state index is 0.0181. The second-order valence-electron chi connectivity index (χ2n) is 9.53. The average molecular weight is 302 g/mol. The smallest absolute Gasteiger partial charge is 0.139 e. The van der Waals surface area contributed by atoms with E-state index in [9.17, 15) is 9.59 Å². The summed E-state index contributed by atoms with van der Waals surface area (Å²) in [6.45, 7) is 7.12. The zero-order chi connectivity index (χ0) is 15.8. The molecular weight excluding hydrogens is 272 g/mol. The molecule has 0 heterocycles. The SMILES string of the molecule is C[C@@]12CC[C@@H]3[C@H]4CCC(=O)[C@@]4(C)CC[C@H]3[C@@]1(C)CCC(=O)C2.